The van der Waals surface area contributed by atoms with Gasteiger partial charge in [0, 0.05) is 6.42 Å². The minimum atomic E-state index is -0.0718. The molecule has 0 aromatic carbocycles. The molecule has 2 fully saturated rings. The van der Waals surface area contributed by atoms with E-state index in [0.29, 0.717) is 5.92 Å². The van der Waals surface area contributed by atoms with Gasteiger partial charge in [0.15, 0.2) is 6.29 Å². The van der Waals surface area contributed by atoms with Gasteiger partial charge in [0.2, 0.25) is 0 Å². The molecule has 0 aliphatic carbocycles. The van der Waals surface area contributed by atoms with Crippen molar-refractivity contribution in [3.63, 3.8) is 0 Å². The molecule has 0 radical (unpaired) electrons. The van der Waals surface area contributed by atoms with Crippen molar-refractivity contribution < 1.29 is 14.5 Å². The van der Waals surface area contributed by atoms with E-state index in [1.807, 2.05) is 0 Å². The first-order valence-corrected chi connectivity index (χ1v) is 3.35. The molecule has 2 heterocycles. The van der Waals surface area contributed by atoms with Crippen LogP contribution in [0.5, 0.6) is 0 Å². The summed E-state index contributed by atoms with van der Waals surface area (Å²) < 4.78 is 5.20. The SMILES string of the molecule is C1CC2COOC(C2)O1. The van der Waals surface area contributed by atoms with Crippen LogP contribution in [0.1, 0.15) is 12.8 Å². The average molecular weight is 130 g/mol. The van der Waals surface area contributed by atoms with Gasteiger partial charge in [0.25, 0.3) is 0 Å². The van der Waals surface area contributed by atoms with Gasteiger partial charge in [-0.15, -0.1) is 0 Å². The molecule has 2 bridgehead atoms. The van der Waals surface area contributed by atoms with E-state index in [-0.39, 0.29) is 6.29 Å². The molecule has 52 valence electrons. The summed E-state index contributed by atoms with van der Waals surface area (Å²) >= 11 is 0. The van der Waals surface area contributed by atoms with Crippen LogP contribution in [-0.2, 0) is 14.5 Å². The molecule has 0 spiro atoms. The molecule has 3 heteroatoms. The summed E-state index contributed by atoms with van der Waals surface area (Å²) in [7, 11) is 0. The Morgan fingerprint density at radius 3 is 3.11 bits per heavy atom. The van der Waals surface area contributed by atoms with Crippen LogP contribution in [0, 0.1) is 5.92 Å². The Kier molecular flexibility index (Phi) is 1.41. The second-order valence-corrected chi connectivity index (χ2v) is 2.57. The Bertz CT molecular complexity index is 84.5. The van der Waals surface area contributed by atoms with Crippen LogP contribution in [0.3, 0.4) is 0 Å². The number of ether oxygens (including phenoxy) is 1. The third-order valence-electron chi connectivity index (χ3n) is 1.83. The Morgan fingerprint density at radius 1 is 1.33 bits per heavy atom. The third kappa shape index (κ3) is 1.08. The monoisotopic (exact) mass is 130 g/mol. The molecule has 2 saturated heterocycles. The molecule has 0 aromatic heterocycles. The van der Waals surface area contributed by atoms with Crippen LogP contribution in [0.15, 0.2) is 0 Å². The summed E-state index contributed by atoms with van der Waals surface area (Å²) in [5.41, 5.74) is 0. The molecular weight excluding hydrogens is 120 g/mol. The van der Waals surface area contributed by atoms with Crippen molar-refractivity contribution in [2.24, 2.45) is 5.92 Å². The first-order valence-electron chi connectivity index (χ1n) is 3.35. The van der Waals surface area contributed by atoms with Crippen molar-refractivity contribution in [3.05, 3.63) is 0 Å². The highest BCUT2D eigenvalue weighted by Gasteiger charge is 2.28. The summed E-state index contributed by atoms with van der Waals surface area (Å²) in [5, 5.41) is 0. The lowest BCUT2D eigenvalue weighted by Crippen LogP contribution is -2.35. The lowest BCUT2D eigenvalue weighted by Gasteiger charge is -2.32. The van der Waals surface area contributed by atoms with Crippen molar-refractivity contribution in [1.29, 1.82) is 0 Å². The lowest BCUT2D eigenvalue weighted by atomic mass is 10.0. The quantitative estimate of drug-likeness (QED) is 0.452. The first kappa shape index (κ1) is 5.65. The molecule has 2 atom stereocenters. The van der Waals surface area contributed by atoms with Gasteiger partial charge in [-0.1, -0.05) is 0 Å². The van der Waals surface area contributed by atoms with Crippen LogP contribution < -0.4 is 0 Å². The number of hydrogen-bond acceptors (Lipinski definition) is 3. The highest BCUT2D eigenvalue weighted by Crippen LogP contribution is 2.25. The van der Waals surface area contributed by atoms with Gasteiger partial charge >= 0.3 is 0 Å². The molecule has 2 unspecified atom stereocenters. The predicted octanol–water partition coefficient (Wildman–Crippen LogP) is 0.701. The molecule has 0 saturated carbocycles. The van der Waals surface area contributed by atoms with Gasteiger partial charge in [0.1, 0.15) is 0 Å². The van der Waals surface area contributed by atoms with Gasteiger partial charge < -0.3 is 4.74 Å². The van der Waals surface area contributed by atoms with Gasteiger partial charge in [-0.25, -0.2) is 9.78 Å². The molecular formula is C6H10O3. The van der Waals surface area contributed by atoms with E-state index < -0.39 is 0 Å². The van der Waals surface area contributed by atoms with Crippen molar-refractivity contribution >= 4 is 0 Å². The van der Waals surface area contributed by atoms with Crippen LogP contribution in [0.25, 0.3) is 0 Å². The van der Waals surface area contributed by atoms with Crippen molar-refractivity contribution in [1.82, 2.24) is 0 Å². The summed E-state index contributed by atoms with van der Waals surface area (Å²) in [6.45, 7) is 1.58. The second kappa shape index (κ2) is 2.25. The van der Waals surface area contributed by atoms with Gasteiger partial charge in [0.05, 0.1) is 13.2 Å². The summed E-state index contributed by atoms with van der Waals surface area (Å²) in [6.07, 6.45) is 2.07. The molecule has 0 amide bonds. The van der Waals surface area contributed by atoms with Crippen LogP contribution >= 0.6 is 0 Å². The summed E-state index contributed by atoms with van der Waals surface area (Å²) in [6, 6.07) is 0. The Hall–Kier alpha value is -0.120. The lowest BCUT2D eigenvalue weighted by molar-refractivity contribution is -0.420. The fourth-order valence-electron chi connectivity index (χ4n) is 1.25. The summed E-state index contributed by atoms with van der Waals surface area (Å²) in [5.74, 6) is 0.678. The second-order valence-electron chi connectivity index (χ2n) is 2.57. The fourth-order valence-corrected chi connectivity index (χ4v) is 1.25. The number of rotatable bonds is 0. The van der Waals surface area contributed by atoms with E-state index in [1.165, 1.54) is 0 Å². The van der Waals surface area contributed by atoms with E-state index in [0.717, 1.165) is 26.1 Å². The molecule has 9 heavy (non-hydrogen) atoms. The maximum absolute atomic E-state index is 5.20. The van der Waals surface area contributed by atoms with E-state index in [1.54, 1.807) is 0 Å². The molecule has 3 nitrogen and oxygen atoms in total. The van der Waals surface area contributed by atoms with Crippen LogP contribution in [-0.4, -0.2) is 19.5 Å². The topological polar surface area (TPSA) is 27.7 Å². The minimum Gasteiger partial charge on any atom is -0.350 e. The zero-order valence-corrected chi connectivity index (χ0v) is 5.21. The first-order chi connectivity index (χ1) is 4.45. The van der Waals surface area contributed by atoms with Crippen LogP contribution in [0.4, 0.5) is 0 Å². The standard InChI is InChI=1S/C6H10O3/c1-2-7-6-3-5(1)4-8-9-6/h5-6H,1-4H2. The number of fused-ring (bicyclic) bond motifs is 2. The normalized spacial score (nSPS) is 42.7. The summed E-state index contributed by atoms with van der Waals surface area (Å²) in [4.78, 5) is 9.64. The van der Waals surface area contributed by atoms with Crippen molar-refractivity contribution in [3.8, 4) is 0 Å². The van der Waals surface area contributed by atoms with E-state index >= 15 is 0 Å². The van der Waals surface area contributed by atoms with Crippen molar-refractivity contribution in [2.75, 3.05) is 13.2 Å². The van der Waals surface area contributed by atoms with E-state index in [2.05, 4.69) is 0 Å². The zero-order chi connectivity index (χ0) is 6.10. The zero-order valence-electron chi connectivity index (χ0n) is 5.21. The van der Waals surface area contributed by atoms with Gasteiger partial charge in [-0.3, -0.25) is 0 Å². The van der Waals surface area contributed by atoms with E-state index in [4.69, 9.17) is 14.5 Å². The Balaban J connectivity index is 1.96. The molecule has 2 aliphatic rings. The maximum atomic E-state index is 5.20. The molecule has 0 aromatic rings. The Morgan fingerprint density at radius 2 is 2.33 bits per heavy atom. The fraction of sp³-hybridized carbons (Fsp3) is 1.00. The smallest absolute Gasteiger partial charge is 0.191 e. The van der Waals surface area contributed by atoms with E-state index in [9.17, 15) is 0 Å². The van der Waals surface area contributed by atoms with Crippen molar-refractivity contribution in [2.45, 2.75) is 19.1 Å². The third-order valence-corrected chi connectivity index (χ3v) is 1.83. The molecule has 0 N–H and O–H groups in total. The highest BCUT2D eigenvalue weighted by molar-refractivity contribution is 4.66. The highest BCUT2D eigenvalue weighted by atomic mass is 17.2. The molecule has 2 rings (SSSR count). The van der Waals surface area contributed by atoms with Gasteiger partial charge in [-0.05, 0) is 12.3 Å². The Labute approximate surface area is 53.8 Å². The maximum Gasteiger partial charge on any atom is 0.191 e. The van der Waals surface area contributed by atoms with Gasteiger partial charge in [-0.2, -0.15) is 0 Å². The molecule has 2 aliphatic heterocycles. The minimum absolute atomic E-state index is 0.0718. The number of hydrogen-bond donors (Lipinski definition) is 0. The predicted molar refractivity (Wildman–Crippen MR) is 29.5 cm³/mol. The van der Waals surface area contributed by atoms with Crippen LogP contribution in [0.2, 0.25) is 0 Å². The average Bonchev–Trinajstić information content (AvgIpc) is 1.88. The largest absolute Gasteiger partial charge is 0.350 e.